The van der Waals surface area contributed by atoms with Gasteiger partial charge in [-0.2, -0.15) is 0 Å². The largest absolute Gasteiger partial charge is 0.834 e. The fourth-order valence-corrected chi connectivity index (χ4v) is 13.2. The van der Waals surface area contributed by atoms with Gasteiger partial charge in [0.05, 0.1) is 50.2 Å². The first-order valence-corrected chi connectivity index (χ1v) is 32.6. The van der Waals surface area contributed by atoms with Crippen molar-refractivity contribution < 1.29 is 170 Å². The molecule has 7 fully saturated rings. The van der Waals surface area contributed by atoms with Crippen molar-refractivity contribution in [1.82, 2.24) is 0 Å². The molecule has 7 aliphatic rings. The van der Waals surface area contributed by atoms with Crippen molar-refractivity contribution in [3.8, 4) is 0 Å². The number of carbonyl (C=O) groups excluding carboxylic acids is 1. The molecule has 0 N–H and O–H groups in total. The zero-order chi connectivity index (χ0) is 62.5. The van der Waals surface area contributed by atoms with Gasteiger partial charge in [-0.3, -0.25) is 25.1 Å². The molecule has 0 saturated carbocycles. The fraction of sp³-hybridized carbons (Fsp3) is 0.974. The molecular weight excluding hydrogens is 1270 g/mol. The summed E-state index contributed by atoms with van der Waals surface area (Å²) in [7, 11) is -34.5. The van der Waals surface area contributed by atoms with E-state index in [1.807, 2.05) is 0 Å². The summed E-state index contributed by atoms with van der Waals surface area (Å²) in [5.74, 6) is -11.3. The highest BCUT2D eigenvalue weighted by Gasteiger charge is 2.64. The third-order valence-corrected chi connectivity index (χ3v) is 17.8. The first kappa shape index (κ1) is 70.3. The van der Waals surface area contributed by atoms with Crippen molar-refractivity contribution in [1.29, 1.82) is 0 Å². The summed E-state index contributed by atoms with van der Waals surface area (Å²) >= 11 is 0. The van der Waals surface area contributed by atoms with Crippen LogP contribution >= 0.6 is 0 Å². The number of carbonyl (C=O) groups is 1. The topological polar surface area (TPSA) is 563 Å². The van der Waals surface area contributed by atoms with Crippen LogP contribution in [0.2, 0.25) is 0 Å². The lowest BCUT2D eigenvalue weighted by atomic mass is 9.78. The Morgan fingerprint density at radius 3 is 1.43 bits per heavy atom. The number of hydrogen-bond donors (Lipinski definition) is 0. The van der Waals surface area contributed by atoms with Gasteiger partial charge >= 0.3 is 0 Å². The van der Waals surface area contributed by atoms with Crippen molar-refractivity contribution >= 4 is 68.4 Å². The molecule has 486 valence electrons. The first-order valence-electron chi connectivity index (χ1n) is 24.6. The number of aliphatic carboxylic acids is 1. The van der Waals surface area contributed by atoms with Gasteiger partial charge in [-0.05, 0) is 31.5 Å². The van der Waals surface area contributed by atoms with Gasteiger partial charge in [0.25, 0.3) is 0 Å². The number of rotatable bonds is 26. The predicted molar refractivity (Wildman–Crippen MR) is 243 cm³/mol. The number of carboxylic acid groups (broad SMARTS) is 1. The third kappa shape index (κ3) is 18.2. The Kier molecular flexibility index (Phi) is 22.6. The summed E-state index contributed by atoms with van der Waals surface area (Å²) in [6, 6.07) is 0. The Labute approximate surface area is 476 Å². The maximum atomic E-state index is 12.9. The van der Waals surface area contributed by atoms with Gasteiger partial charge in [-0.15, -0.1) is 0 Å². The van der Waals surface area contributed by atoms with Gasteiger partial charge in [-0.25, -0.2) is 50.5 Å². The lowest BCUT2D eigenvalue weighted by Gasteiger charge is -2.58. The molecule has 7 heterocycles. The molecule has 44 heteroatoms. The molecule has 7 saturated heterocycles. The molecule has 0 radical (unpaired) electrons. The normalized spacial score (nSPS) is 42.3. The predicted octanol–water partition coefficient (Wildman–Crippen LogP) is -6.56. The van der Waals surface area contributed by atoms with E-state index >= 15 is 0 Å². The molecular formula is C39H58O38S6-8. The summed E-state index contributed by atoms with van der Waals surface area (Å²) in [5.41, 5.74) is 0. The molecule has 0 aromatic heterocycles. The highest BCUT2D eigenvalue weighted by molar-refractivity contribution is 7.82. The molecule has 0 aromatic carbocycles. The van der Waals surface area contributed by atoms with Crippen LogP contribution in [0.1, 0.15) is 55.4 Å². The van der Waals surface area contributed by atoms with Gasteiger partial charge in [0, 0.05) is 23.7 Å². The van der Waals surface area contributed by atoms with Crippen LogP contribution in [0, 0.1) is 41.4 Å². The van der Waals surface area contributed by atoms with E-state index in [2.05, 4.69) is 20.9 Å². The minimum atomic E-state index is -6.25. The van der Waals surface area contributed by atoms with E-state index in [4.69, 9.17) is 56.3 Å². The van der Waals surface area contributed by atoms with E-state index in [-0.39, 0.29) is 5.92 Å². The lowest BCUT2D eigenvalue weighted by molar-refractivity contribution is -0.526. The second kappa shape index (κ2) is 26.7. The summed E-state index contributed by atoms with van der Waals surface area (Å²) < 4.78 is 307. The Balaban J connectivity index is 1.34. The Morgan fingerprint density at radius 2 is 0.916 bits per heavy atom. The molecule has 7 aliphatic heterocycles. The van der Waals surface area contributed by atoms with Crippen molar-refractivity contribution in [3.05, 3.63) is 0 Å². The van der Waals surface area contributed by atoms with Crippen LogP contribution in [-0.4, -0.2) is 227 Å². The molecule has 7 rings (SSSR count). The lowest BCUT2D eigenvalue weighted by Crippen LogP contribution is -2.74. The van der Waals surface area contributed by atoms with Gasteiger partial charge < -0.3 is 94.4 Å². The van der Waals surface area contributed by atoms with Crippen LogP contribution in [0.25, 0.3) is 0 Å². The van der Waals surface area contributed by atoms with E-state index in [1.165, 1.54) is 34.6 Å². The van der Waals surface area contributed by atoms with Gasteiger partial charge in [-0.1, -0.05) is 48.5 Å². The maximum absolute atomic E-state index is 12.9. The SMILES string of the molecule is CC1C(C)[C@H](C)[C@@H](COS(=O)(=O)[O-])O[C@@H]1O[C@H]1C(C)C(C)[C@@H](OC2C(COS(=O)(=O)[O-])O[C@@H](OC3C(C)[C@H]4OCC3(OC[O-])O[C@@H]4O[C@H]3C(C)C(OS(=O)(=O)[O-])[C@@H](C)O[C@@H]3COS(=O)(=O)[O-])C(OS(=O)(=O)[O-])[C@H]2OS(=O)(=O)[O-])O[C@@H]1C(=O)[O-]. The van der Waals surface area contributed by atoms with E-state index in [0.29, 0.717) is 0 Å². The molecule has 83 heavy (non-hydrogen) atoms. The Bertz CT molecular complexity index is 2930. The Morgan fingerprint density at radius 1 is 0.458 bits per heavy atom. The monoisotopic (exact) mass is 1330 g/mol. The molecule has 0 spiro atoms. The van der Waals surface area contributed by atoms with Gasteiger partial charge in [0.1, 0.15) is 55.4 Å². The molecule has 2 bridgehead atoms. The summed E-state index contributed by atoms with van der Waals surface area (Å²) in [6.45, 7) is 5.33. The zero-order valence-electron chi connectivity index (χ0n) is 44.4. The van der Waals surface area contributed by atoms with Gasteiger partial charge in [0.15, 0.2) is 31.3 Å². The maximum Gasteiger partial charge on any atom is 0.220 e. The molecule has 12 unspecified atom stereocenters. The van der Waals surface area contributed by atoms with E-state index in [9.17, 15) is 92.8 Å². The van der Waals surface area contributed by atoms with Crippen LogP contribution in [0.3, 0.4) is 0 Å². The van der Waals surface area contributed by atoms with E-state index in [0.717, 1.165) is 0 Å². The average molecular weight is 1330 g/mol. The highest BCUT2D eigenvalue weighted by Crippen LogP contribution is 2.48. The second-order valence-electron chi connectivity index (χ2n) is 20.4. The number of hydrogen-bond acceptors (Lipinski definition) is 38. The van der Waals surface area contributed by atoms with Crippen molar-refractivity contribution in [3.63, 3.8) is 0 Å². The molecule has 38 nitrogen and oxygen atoms in total. The molecule has 0 aliphatic carbocycles. The second-order valence-corrected chi connectivity index (χ2v) is 26.6. The summed E-state index contributed by atoms with van der Waals surface area (Å²) in [5, 5.41) is 25.3. The third-order valence-electron chi connectivity index (χ3n) is 15.2. The minimum Gasteiger partial charge on any atom is -0.834 e. The van der Waals surface area contributed by atoms with Crippen molar-refractivity contribution in [2.75, 3.05) is 33.2 Å². The standard InChI is InChI=1S/C39H65O38S6/c1-14-15(2)22(9-63-78(43,44)45)67-35(17(14)4)70-27-16(3)18(5)36(72-31(27)34(41)42)71-29-24(11-65-80(49,50)51)68-37(32(77-83(58,59)60)30(29)76-82(55,56)57)73-33-20(7)28-38(74-39(33,12-61-28)62-13-40)69-26-19(6)25(75-81(52,53)54)21(8)66-23(26)10-64-79(46,47)48/h14-33,35-38H,9-13H2,1-8H3,(H,41,42)(H,43,44,45)(H,46,47,48)(H,49,50,51)(H,52,53,54)(H,55,56,57)(H,58,59,60)/q-1/p-7/t14?,15-,16?,17?,18?,19?,20?,21+,22+,23+,24?,25?,26-,27-,28+,29?,30-,31-,32?,33?,35+,36-,37-,38-,39?/m0/s1. The summed E-state index contributed by atoms with van der Waals surface area (Å²) in [4.78, 5) is 12.9. The van der Waals surface area contributed by atoms with E-state index in [1.54, 1.807) is 20.8 Å². The van der Waals surface area contributed by atoms with Crippen LogP contribution in [-0.2, 0) is 144 Å². The number of carboxylic acids is 1. The zero-order valence-corrected chi connectivity index (χ0v) is 49.3. The molecule has 0 amide bonds. The molecule has 0 aromatic rings. The summed E-state index contributed by atoms with van der Waals surface area (Å²) in [6.07, 6.45) is -33.9. The first-order chi connectivity index (χ1) is 37.9. The quantitative estimate of drug-likeness (QED) is 0.0441. The number of fused-ring (bicyclic) bond motifs is 3. The van der Waals surface area contributed by atoms with E-state index < -0.39 is 247 Å². The highest BCUT2D eigenvalue weighted by atomic mass is 32.3. The molecule has 25 atom stereocenters. The smallest absolute Gasteiger partial charge is 0.220 e. The number of ether oxygens (including phenoxy) is 11. The van der Waals surface area contributed by atoms with Crippen molar-refractivity contribution in [2.45, 2.75) is 166 Å². The fourth-order valence-electron chi connectivity index (χ4n) is 10.7. The minimum absolute atomic E-state index is 0.378. The average Bonchev–Trinajstić information content (AvgIpc) is 1.47. The van der Waals surface area contributed by atoms with Crippen LogP contribution in [0.4, 0.5) is 0 Å². The van der Waals surface area contributed by atoms with Crippen LogP contribution in [0.5, 0.6) is 0 Å². The van der Waals surface area contributed by atoms with Crippen LogP contribution < -0.4 is 10.2 Å². The van der Waals surface area contributed by atoms with Crippen molar-refractivity contribution in [2.24, 2.45) is 41.4 Å². The Hall–Kier alpha value is -1.79. The van der Waals surface area contributed by atoms with Gasteiger partial charge in [0.2, 0.25) is 68.2 Å². The van der Waals surface area contributed by atoms with Crippen LogP contribution in [0.15, 0.2) is 0 Å².